The lowest BCUT2D eigenvalue weighted by molar-refractivity contribution is 0.0846. The number of nitrogens with one attached hydrogen (secondary N) is 3. The molecule has 10 heteroatoms. The van der Waals surface area contributed by atoms with Gasteiger partial charge in [0.05, 0.1) is 15.5 Å². The van der Waals surface area contributed by atoms with E-state index in [1.165, 1.54) is 37.4 Å². The van der Waals surface area contributed by atoms with E-state index < -0.39 is 21.8 Å². The summed E-state index contributed by atoms with van der Waals surface area (Å²) >= 11 is 11.8. The molecule has 0 saturated carbocycles. The average molecular weight is 430 g/mol. The van der Waals surface area contributed by atoms with Crippen LogP contribution in [0, 0.1) is 13.8 Å². The summed E-state index contributed by atoms with van der Waals surface area (Å²) in [5.74, 6) is -1.35. The molecule has 2 amide bonds. The maximum atomic E-state index is 12.4. The maximum absolute atomic E-state index is 12.4. The number of sulfonamides is 1. The Kier molecular flexibility index (Phi) is 6.48. The van der Waals surface area contributed by atoms with Crippen molar-refractivity contribution in [3.63, 3.8) is 0 Å². The normalized spacial score (nSPS) is 11.1. The molecule has 3 N–H and O–H groups in total. The monoisotopic (exact) mass is 429 g/mol. The van der Waals surface area contributed by atoms with E-state index in [9.17, 15) is 18.0 Å². The Labute approximate surface area is 167 Å². The van der Waals surface area contributed by atoms with Crippen LogP contribution in [0.1, 0.15) is 31.8 Å². The minimum Gasteiger partial charge on any atom is -0.267 e. The van der Waals surface area contributed by atoms with Crippen molar-refractivity contribution in [2.24, 2.45) is 0 Å². The third kappa shape index (κ3) is 4.78. The van der Waals surface area contributed by atoms with E-state index in [2.05, 4.69) is 15.6 Å². The van der Waals surface area contributed by atoms with Crippen LogP contribution >= 0.6 is 23.2 Å². The predicted molar refractivity (Wildman–Crippen MR) is 104 cm³/mol. The van der Waals surface area contributed by atoms with E-state index >= 15 is 0 Å². The summed E-state index contributed by atoms with van der Waals surface area (Å²) in [6, 6.07) is 7.11. The zero-order valence-corrected chi connectivity index (χ0v) is 17.0. The van der Waals surface area contributed by atoms with Crippen LogP contribution in [-0.2, 0) is 10.0 Å². The number of hydrazine groups is 1. The molecule has 27 heavy (non-hydrogen) atoms. The van der Waals surface area contributed by atoms with Crippen LogP contribution in [0.25, 0.3) is 0 Å². The zero-order valence-electron chi connectivity index (χ0n) is 14.7. The van der Waals surface area contributed by atoms with E-state index in [4.69, 9.17) is 23.2 Å². The Morgan fingerprint density at radius 2 is 1.59 bits per heavy atom. The third-order valence-electron chi connectivity index (χ3n) is 3.90. The molecule has 0 unspecified atom stereocenters. The highest BCUT2D eigenvalue weighted by Gasteiger charge is 2.20. The van der Waals surface area contributed by atoms with Gasteiger partial charge in [0.25, 0.3) is 11.8 Å². The lowest BCUT2D eigenvalue weighted by Crippen LogP contribution is -2.41. The Hall–Kier alpha value is -2.13. The number of benzene rings is 2. The van der Waals surface area contributed by atoms with Crippen LogP contribution in [-0.4, -0.2) is 27.3 Å². The molecule has 2 aromatic carbocycles. The van der Waals surface area contributed by atoms with Gasteiger partial charge < -0.3 is 0 Å². The molecule has 7 nitrogen and oxygen atoms in total. The molecule has 0 atom stereocenters. The van der Waals surface area contributed by atoms with Crippen LogP contribution < -0.4 is 15.6 Å². The largest absolute Gasteiger partial charge is 0.271 e. The molecule has 0 fully saturated rings. The van der Waals surface area contributed by atoms with Gasteiger partial charge in [0, 0.05) is 10.6 Å². The first-order valence-electron chi connectivity index (χ1n) is 7.67. The lowest BCUT2D eigenvalue weighted by Gasteiger charge is -2.13. The minimum atomic E-state index is -3.74. The van der Waals surface area contributed by atoms with Crippen molar-refractivity contribution in [1.29, 1.82) is 0 Å². The molecule has 2 rings (SSSR count). The summed E-state index contributed by atoms with van der Waals surface area (Å²) in [4.78, 5) is 24.5. The summed E-state index contributed by atoms with van der Waals surface area (Å²) in [6.07, 6.45) is 0. The molecule has 0 aliphatic rings. The van der Waals surface area contributed by atoms with E-state index in [0.29, 0.717) is 16.1 Å². The molecule has 0 spiro atoms. The van der Waals surface area contributed by atoms with Gasteiger partial charge in [-0.3, -0.25) is 20.4 Å². The number of carbonyl (C=O) groups is 2. The fourth-order valence-electron chi connectivity index (χ4n) is 2.27. The topological polar surface area (TPSA) is 104 Å². The second-order valence-corrected chi connectivity index (χ2v) is 8.35. The summed E-state index contributed by atoms with van der Waals surface area (Å²) in [7, 11) is -2.46. The van der Waals surface area contributed by atoms with Gasteiger partial charge in [-0.2, -0.15) is 0 Å². The van der Waals surface area contributed by atoms with Gasteiger partial charge >= 0.3 is 0 Å². The molecule has 0 bridgehead atoms. The predicted octanol–water partition coefficient (Wildman–Crippen LogP) is 2.59. The quantitative estimate of drug-likeness (QED) is 0.649. The number of aryl methyl sites for hydroxylation is 1. The zero-order chi connectivity index (χ0) is 20.4. The van der Waals surface area contributed by atoms with Gasteiger partial charge in [0.1, 0.15) is 0 Å². The van der Waals surface area contributed by atoms with Crippen LogP contribution in [0.3, 0.4) is 0 Å². The molecule has 0 aromatic heterocycles. The molecule has 0 aliphatic heterocycles. The Morgan fingerprint density at radius 3 is 2.22 bits per heavy atom. The van der Waals surface area contributed by atoms with E-state index in [-0.39, 0.29) is 21.0 Å². The summed E-state index contributed by atoms with van der Waals surface area (Å²) in [5, 5.41) is 0.478. The van der Waals surface area contributed by atoms with Crippen LogP contribution in [0.2, 0.25) is 10.0 Å². The first-order chi connectivity index (χ1) is 12.6. The average Bonchev–Trinajstić information content (AvgIpc) is 2.63. The van der Waals surface area contributed by atoms with Crippen LogP contribution in [0.15, 0.2) is 35.2 Å². The second kappa shape index (κ2) is 8.26. The fourth-order valence-corrected chi connectivity index (χ4v) is 3.71. The number of halogens is 2. The molecule has 0 radical (unpaired) electrons. The number of rotatable bonds is 4. The van der Waals surface area contributed by atoms with Gasteiger partial charge in [-0.15, -0.1) is 0 Å². The highest BCUT2D eigenvalue weighted by atomic mass is 35.5. The summed E-state index contributed by atoms with van der Waals surface area (Å²) < 4.78 is 26.5. The van der Waals surface area contributed by atoms with Gasteiger partial charge in [-0.1, -0.05) is 23.2 Å². The highest BCUT2D eigenvalue weighted by Crippen LogP contribution is 2.22. The van der Waals surface area contributed by atoms with Crippen LogP contribution in [0.4, 0.5) is 0 Å². The molecular weight excluding hydrogens is 413 g/mol. The van der Waals surface area contributed by atoms with Crippen LogP contribution in [0.5, 0.6) is 0 Å². The first-order valence-corrected chi connectivity index (χ1v) is 9.91. The maximum Gasteiger partial charge on any atom is 0.271 e. The number of hydrogen-bond donors (Lipinski definition) is 3. The van der Waals surface area contributed by atoms with Gasteiger partial charge in [0.15, 0.2) is 0 Å². The highest BCUT2D eigenvalue weighted by molar-refractivity contribution is 7.89. The van der Waals surface area contributed by atoms with Crippen molar-refractivity contribution in [2.45, 2.75) is 18.7 Å². The second-order valence-electron chi connectivity index (χ2n) is 5.66. The van der Waals surface area contributed by atoms with Crippen molar-refractivity contribution in [3.05, 3.63) is 62.6 Å². The van der Waals surface area contributed by atoms with Gasteiger partial charge in [-0.25, -0.2) is 13.1 Å². The van der Waals surface area contributed by atoms with Crippen molar-refractivity contribution in [2.75, 3.05) is 7.05 Å². The number of amides is 2. The van der Waals surface area contributed by atoms with Gasteiger partial charge in [0.2, 0.25) is 10.0 Å². The van der Waals surface area contributed by atoms with Crippen molar-refractivity contribution >= 4 is 45.0 Å². The summed E-state index contributed by atoms with van der Waals surface area (Å²) in [6.45, 7) is 3.33. The molecule has 0 heterocycles. The Bertz CT molecular complexity index is 1020. The summed E-state index contributed by atoms with van der Waals surface area (Å²) in [5.41, 5.74) is 5.75. The minimum absolute atomic E-state index is 0.0145. The molecule has 0 aliphatic carbocycles. The Balaban J connectivity index is 2.24. The third-order valence-corrected chi connectivity index (χ3v) is 6.01. The van der Waals surface area contributed by atoms with Gasteiger partial charge in [-0.05, 0) is 62.4 Å². The molecule has 0 saturated heterocycles. The molecule has 2 aromatic rings. The van der Waals surface area contributed by atoms with Crippen molar-refractivity contribution in [3.8, 4) is 0 Å². The number of hydrogen-bond acceptors (Lipinski definition) is 4. The van der Waals surface area contributed by atoms with E-state index in [1.807, 2.05) is 0 Å². The molecule has 144 valence electrons. The lowest BCUT2D eigenvalue weighted by atomic mass is 10.1. The smallest absolute Gasteiger partial charge is 0.267 e. The SMILES string of the molecule is CNS(=O)(=O)c1cc(C(=O)NNC(=O)c2cc(Cl)ccc2Cl)cc(C)c1C. The standard InChI is InChI=1S/C17H17Cl2N3O4S/c1-9-6-11(7-15(10(9)2)27(25,26)20-3)16(23)21-22-17(24)13-8-12(18)4-5-14(13)19/h4-8,20H,1-3H3,(H,21,23)(H,22,24). The van der Waals surface area contributed by atoms with E-state index in [1.54, 1.807) is 13.8 Å². The fraction of sp³-hybridized carbons (Fsp3) is 0.176. The first kappa shape index (κ1) is 21.2. The molecular formula is C17H17Cl2N3O4S. The van der Waals surface area contributed by atoms with Crippen molar-refractivity contribution < 1.29 is 18.0 Å². The van der Waals surface area contributed by atoms with E-state index in [0.717, 1.165) is 0 Å². The Morgan fingerprint density at radius 1 is 0.963 bits per heavy atom. The van der Waals surface area contributed by atoms with Crippen molar-refractivity contribution in [1.82, 2.24) is 15.6 Å². The number of carbonyl (C=O) groups excluding carboxylic acids is 2.